The van der Waals surface area contributed by atoms with Gasteiger partial charge in [0.05, 0.1) is 18.8 Å². The van der Waals surface area contributed by atoms with E-state index < -0.39 is 0 Å². The third-order valence-electron chi connectivity index (χ3n) is 6.03. The average Bonchev–Trinajstić information content (AvgIpc) is 3.35. The van der Waals surface area contributed by atoms with Crippen LogP contribution in [0.25, 0.3) is 5.69 Å². The van der Waals surface area contributed by atoms with E-state index in [4.69, 9.17) is 9.47 Å². The maximum Gasteiger partial charge on any atom is 0.253 e. The number of carbonyl (C=O) groups is 1. The van der Waals surface area contributed by atoms with Crippen molar-refractivity contribution in [2.45, 2.75) is 46.2 Å². The fourth-order valence-electron chi connectivity index (χ4n) is 4.44. The third kappa shape index (κ3) is 5.78. The highest BCUT2D eigenvalue weighted by atomic mass is 16.5. The largest absolute Gasteiger partial charge is 0.492 e. The number of likely N-dealkylation sites (tertiary alicyclic amines) is 1. The van der Waals surface area contributed by atoms with E-state index in [0.717, 1.165) is 60.8 Å². The molecule has 0 atom stereocenters. The van der Waals surface area contributed by atoms with Crippen LogP contribution in [0.3, 0.4) is 0 Å². The standard InChI is InChI=1S/C27H34N4O3/c1-4-33-24-15-21(16-25(34-5-2)26(24)31-10-6-7-11-31)19-30-12-8-23(9-13-30)29-27(32)22-14-20(3)17-28-18-22/h6-7,10-11,14-18,23H,4-5,8-9,12-13,19H2,1-3H3,(H,29,32). The molecule has 3 aromatic rings. The highest BCUT2D eigenvalue weighted by Gasteiger charge is 2.23. The number of piperidine rings is 1. The molecule has 1 saturated heterocycles. The van der Waals surface area contributed by atoms with Gasteiger partial charge in [-0.1, -0.05) is 0 Å². The van der Waals surface area contributed by atoms with Crippen molar-refractivity contribution in [3.8, 4) is 17.2 Å². The molecule has 0 unspecified atom stereocenters. The molecule has 34 heavy (non-hydrogen) atoms. The minimum atomic E-state index is -0.0436. The van der Waals surface area contributed by atoms with Crippen molar-refractivity contribution in [1.82, 2.24) is 19.8 Å². The van der Waals surface area contributed by atoms with Gasteiger partial charge < -0.3 is 19.4 Å². The number of benzene rings is 1. The summed E-state index contributed by atoms with van der Waals surface area (Å²) in [5.41, 5.74) is 3.71. The van der Waals surface area contributed by atoms with Crippen LogP contribution in [0.2, 0.25) is 0 Å². The molecule has 1 aromatic carbocycles. The molecular formula is C27H34N4O3. The van der Waals surface area contributed by atoms with Gasteiger partial charge in [0.2, 0.25) is 0 Å². The second-order valence-electron chi connectivity index (χ2n) is 8.67. The maximum atomic E-state index is 12.6. The molecule has 1 amide bonds. The van der Waals surface area contributed by atoms with Crippen LogP contribution in [-0.4, -0.2) is 52.7 Å². The molecule has 7 heteroatoms. The van der Waals surface area contributed by atoms with E-state index in [-0.39, 0.29) is 11.9 Å². The van der Waals surface area contributed by atoms with Gasteiger partial charge in [-0.15, -0.1) is 0 Å². The second kappa shape index (κ2) is 11.2. The molecule has 0 aliphatic carbocycles. The molecule has 0 spiro atoms. The summed E-state index contributed by atoms with van der Waals surface area (Å²) in [4.78, 5) is 19.1. The summed E-state index contributed by atoms with van der Waals surface area (Å²) < 4.78 is 14.1. The molecule has 180 valence electrons. The number of carbonyl (C=O) groups excluding carboxylic acids is 1. The zero-order valence-corrected chi connectivity index (χ0v) is 20.3. The van der Waals surface area contributed by atoms with Crippen LogP contribution in [0.4, 0.5) is 0 Å². The van der Waals surface area contributed by atoms with Crippen molar-refractivity contribution < 1.29 is 14.3 Å². The quantitative estimate of drug-likeness (QED) is 0.511. The Bertz CT molecular complexity index is 1060. The number of amides is 1. The van der Waals surface area contributed by atoms with Gasteiger partial charge in [-0.2, -0.15) is 0 Å². The van der Waals surface area contributed by atoms with E-state index in [2.05, 4.69) is 27.3 Å². The lowest BCUT2D eigenvalue weighted by Crippen LogP contribution is -2.44. The van der Waals surface area contributed by atoms with Crippen LogP contribution in [0, 0.1) is 6.92 Å². The normalized spacial score (nSPS) is 14.7. The van der Waals surface area contributed by atoms with Crippen molar-refractivity contribution in [2.75, 3.05) is 26.3 Å². The van der Waals surface area contributed by atoms with E-state index in [1.54, 1.807) is 12.4 Å². The molecule has 0 bridgehead atoms. The predicted molar refractivity (Wildman–Crippen MR) is 133 cm³/mol. The fraction of sp³-hybridized carbons (Fsp3) is 0.407. The second-order valence-corrected chi connectivity index (χ2v) is 8.67. The molecule has 4 rings (SSSR count). The van der Waals surface area contributed by atoms with Crippen molar-refractivity contribution >= 4 is 5.91 Å². The molecule has 1 aliphatic rings. The summed E-state index contributed by atoms with van der Waals surface area (Å²) in [7, 11) is 0. The van der Waals surface area contributed by atoms with Gasteiger partial charge in [-0.3, -0.25) is 14.7 Å². The summed E-state index contributed by atoms with van der Waals surface area (Å²) in [5, 5.41) is 3.17. The van der Waals surface area contributed by atoms with Gasteiger partial charge in [0.1, 0.15) is 17.2 Å². The predicted octanol–water partition coefficient (Wildman–Crippen LogP) is 4.37. The van der Waals surface area contributed by atoms with Gasteiger partial charge in [-0.05, 0) is 75.1 Å². The van der Waals surface area contributed by atoms with E-state index in [1.807, 2.05) is 55.9 Å². The van der Waals surface area contributed by atoms with Crippen LogP contribution in [0.1, 0.15) is 48.2 Å². The fourth-order valence-corrected chi connectivity index (χ4v) is 4.44. The van der Waals surface area contributed by atoms with Gasteiger partial charge >= 0.3 is 0 Å². The molecule has 3 heterocycles. The molecule has 7 nitrogen and oxygen atoms in total. The van der Waals surface area contributed by atoms with Crippen molar-refractivity contribution in [2.24, 2.45) is 0 Å². The highest BCUT2D eigenvalue weighted by Crippen LogP contribution is 2.35. The monoisotopic (exact) mass is 462 g/mol. The lowest BCUT2D eigenvalue weighted by Gasteiger charge is -2.32. The van der Waals surface area contributed by atoms with Gasteiger partial charge in [0.25, 0.3) is 5.91 Å². The molecule has 0 saturated carbocycles. The van der Waals surface area contributed by atoms with E-state index >= 15 is 0 Å². The summed E-state index contributed by atoms with van der Waals surface area (Å²) >= 11 is 0. The number of aromatic nitrogens is 2. The number of nitrogens with zero attached hydrogens (tertiary/aromatic N) is 3. The lowest BCUT2D eigenvalue weighted by molar-refractivity contribution is 0.0908. The Morgan fingerprint density at radius 2 is 1.68 bits per heavy atom. The van der Waals surface area contributed by atoms with Crippen LogP contribution in [0.5, 0.6) is 11.5 Å². The van der Waals surface area contributed by atoms with Gasteiger partial charge in [0, 0.05) is 50.5 Å². The van der Waals surface area contributed by atoms with Crippen LogP contribution < -0.4 is 14.8 Å². The Labute approximate surface area is 201 Å². The molecule has 0 radical (unpaired) electrons. The SMILES string of the molecule is CCOc1cc(CN2CCC(NC(=O)c3cncc(C)c3)CC2)cc(OCC)c1-n1cccc1. The number of rotatable bonds is 9. The summed E-state index contributed by atoms with van der Waals surface area (Å²) in [6.07, 6.45) is 9.24. The van der Waals surface area contributed by atoms with Gasteiger partial charge in [0.15, 0.2) is 0 Å². The Balaban J connectivity index is 1.41. The van der Waals surface area contributed by atoms with Crippen LogP contribution in [0.15, 0.2) is 55.1 Å². The minimum absolute atomic E-state index is 0.0436. The first kappa shape index (κ1) is 23.8. The Kier molecular flexibility index (Phi) is 7.85. The maximum absolute atomic E-state index is 12.6. The van der Waals surface area contributed by atoms with Crippen molar-refractivity contribution in [3.05, 3.63) is 71.8 Å². The number of hydrogen-bond acceptors (Lipinski definition) is 5. The Morgan fingerprint density at radius 1 is 1.03 bits per heavy atom. The molecule has 1 N–H and O–H groups in total. The first-order chi connectivity index (χ1) is 16.6. The molecule has 1 fully saturated rings. The zero-order chi connectivity index (χ0) is 23.9. The lowest BCUT2D eigenvalue weighted by atomic mass is 10.0. The van der Waals surface area contributed by atoms with E-state index in [1.165, 1.54) is 0 Å². The van der Waals surface area contributed by atoms with Crippen molar-refractivity contribution in [1.29, 1.82) is 0 Å². The van der Waals surface area contributed by atoms with Crippen LogP contribution in [-0.2, 0) is 6.54 Å². The zero-order valence-electron chi connectivity index (χ0n) is 20.3. The average molecular weight is 463 g/mol. The molecular weight excluding hydrogens is 428 g/mol. The first-order valence-corrected chi connectivity index (χ1v) is 12.1. The number of hydrogen-bond donors (Lipinski definition) is 1. The van der Waals surface area contributed by atoms with Crippen molar-refractivity contribution in [3.63, 3.8) is 0 Å². The highest BCUT2D eigenvalue weighted by molar-refractivity contribution is 5.94. The first-order valence-electron chi connectivity index (χ1n) is 12.1. The summed E-state index contributed by atoms with van der Waals surface area (Å²) in [6, 6.07) is 10.3. The smallest absolute Gasteiger partial charge is 0.253 e. The van der Waals surface area contributed by atoms with E-state index in [0.29, 0.717) is 18.8 Å². The summed E-state index contributed by atoms with van der Waals surface area (Å²) in [5.74, 6) is 1.61. The molecule has 2 aromatic heterocycles. The molecule has 1 aliphatic heterocycles. The Hall–Kier alpha value is -3.32. The minimum Gasteiger partial charge on any atom is -0.492 e. The number of ether oxygens (including phenoxy) is 2. The topological polar surface area (TPSA) is 68.6 Å². The van der Waals surface area contributed by atoms with E-state index in [9.17, 15) is 4.79 Å². The number of pyridine rings is 1. The van der Waals surface area contributed by atoms with Gasteiger partial charge in [-0.25, -0.2) is 0 Å². The van der Waals surface area contributed by atoms with Crippen LogP contribution >= 0.6 is 0 Å². The Morgan fingerprint density at radius 3 is 2.26 bits per heavy atom. The number of nitrogens with one attached hydrogen (secondary N) is 1. The number of aryl methyl sites for hydroxylation is 1. The third-order valence-corrected chi connectivity index (χ3v) is 6.03. The summed E-state index contributed by atoms with van der Waals surface area (Å²) in [6.45, 7) is 9.77.